The van der Waals surface area contributed by atoms with Crippen molar-refractivity contribution in [2.24, 2.45) is 5.92 Å². The second kappa shape index (κ2) is 7.38. The fraction of sp³-hybridized carbons (Fsp3) is 0.300. The summed E-state index contributed by atoms with van der Waals surface area (Å²) in [7, 11) is 3.13. The molecular weight excluding hydrogens is 318 g/mol. The van der Waals surface area contributed by atoms with Crippen LogP contribution in [-0.4, -0.2) is 30.9 Å². The summed E-state index contributed by atoms with van der Waals surface area (Å²) in [5.74, 6) is 0.687. The van der Waals surface area contributed by atoms with Gasteiger partial charge in [0, 0.05) is 6.42 Å². The zero-order chi connectivity index (χ0) is 17.8. The zero-order valence-electron chi connectivity index (χ0n) is 14.4. The molecule has 25 heavy (non-hydrogen) atoms. The molecule has 0 radical (unpaired) electrons. The van der Waals surface area contributed by atoms with E-state index < -0.39 is 0 Å². The van der Waals surface area contributed by atoms with Crippen LogP contribution in [0.25, 0.3) is 0 Å². The van der Waals surface area contributed by atoms with E-state index in [0.29, 0.717) is 17.9 Å². The molecule has 0 N–H and O–H groups in total. The minimum Gasteiger partial charge on any atom is -0.493 e. The van der Waals surface area contributed by atoms with Gasteiger partial charge in [-0.1, -0.05) is 36.4 Å². The second-order valence-electron chi connectivity index (χ2n) is 6.10. The quantitative estimate of drug-likeness (QED) is 0.760. The number of carbonyl (C=O) groups is 2. The third kappa shape index (κ3) is 3.65. The Bertz CT molecular complexity index is 773. The van der Waals surface area contributed by atoms with E-state index in [0.717, 1.165) is 11.1 Å². The Balaban J connectivity index is 1.72. The number of nitrogens with zero attached hydrogens (tertiary/aromatic N) is 1. The standard InChI is InChI=1S/C20H21NO4/c1-24-17-9-8-15(11-18(17)25-2)13-21-19(22)12-16(20(21)23)10-14-6-4-3-5-7-14/h3-9,11,16H,10,12-13H2,1-2H3. The van der Waals surface area contributed by atoms with Crippen LogP contribution in [0.4, 0.5) is 0 Å². The van der Waals surface area contributed by atoms with Crippen LogP contribution in [0, 0.1) is 5.92 Å². The minimum atomic E-state index is -0.282. The molecule has 1 heterocycles. The summed E-state index contributed by atoms with van der Waals surface area (Å²) < 4.78 is 10.5. The van der Waals surface area contributed by atoms with E-state index in [9.17, 15) is 9.59 Å². The molecule has 5 nitrogen and oxygen atoms in total. The number of imide groups is 1. The van der Waals surface area contributed by atoms with E-state index in [1.165, 1.54) is 4.90 Å². The fourth-order valence-corrected chi connectivity index (χ4v) is 3.14. The first kappa shape index (κ1) is 17.0. The van der Waals surface area contributed by atoms with Gasteiger partial charge in [-0.2, -0.15) is 0 Å². The molecule has 0 saturated carbocycles. The highest BCUT2D eigenvalue weighted by Gasteiger charge is 2.38. The van der Waals surface area contributed by atoms with Gasteiger partial charge in [-0.25, -0.2) is 0 Å². The number of benzene rings is 2. The molecule has 1 atom stereocenters. The van der Waals surface area contributed by atoms with Gasteiger partial charge in [-0.15, -0.1) is 0 Å². The summed E-state index contributed by atoms with van der Waals surface area (Å²) in [6, 6.07) is 15.2. The van der Waals surface area contributed by atoms with Crippen LogP contribution in [0.3, 0.4) is 0 Å². The molecule has 1 fully saturated rings. The maximum atomic E-state index is 12.7. The van der Waals surface area contributed by atoms with Crippen LogP contribution in [0.5, 0.6) is 11.5 Å². The first-order chi connectivity index (χ1) is 12.1. The Kier molecular flexibility index (Phi) is 5.03. The highest BCUT2D eigenvalue weighted by Crippen LogP contribution is 2.30. The van der Waals surface area contributed by atoms with Gasteiger partial charge in [0.25, 0.3) is 0 Å². The van der Waals surface area contributed by atoms with Crippen molar-refractivity contribution in [2.75, 3.05) is 14.2 Å². The Morgan fingerprint density at radius 1 is 0.960 bits per heavy atom. The average molecular weight is 339 g/mol. The van der Waals surface area contributed by atoms with E-state index in [1.807, 2.05) is 36.4 Å². The molecule has 0 bridgehead atoms. The third-order valence-electron chi connectivity index (χ3n) is 4.45. The molecular formula is C20H21NO4. The van der Waals surface area contributed by atoms with E-state index >= 15 is 0 Å². The Hall–Kier alpha value is -2.82. The fourth-order valence-electron chi connectivity index (χ4n) is 3.14. The number of hydrogen-bond acceptors (Lipinski definition) is 4. The summed E-state index contributed by atoms with van der Waals surface area (Å²) >= 11 is 0. The lowest BCUT2D eigenvalue weighted by Crippen LogP contribution is -2.30. The van der Waals surface area contributed by atoms with Crippen molar-refractivity contribution in [1.82, 2.24) is 4.90 Å². The van der Waals surface area contributed by atoms with Crippen molar-refractivity contribution in [3.05, 3.63) is 59.7 Å². The monoisotopic (exact) mass is 339 g/mol. The van der Waals surface area contributed by atoms with Crippen molar-refractivity contribution in [3.63, 3.8) is 0 Å². The number of carbonyl (C=O) groups excluding carboxylic acids is 2. The van der Waals surface area contributed by atoms with Crippen LogP contribution >= 0.6 is 0 Å². The number of likely N-dealkylation sites (tertiary alicyclic amines) is 1. The number of rotatable bonds is 6. The summed E-state index contributed by atoms with van der Waals surface area (Å²) in [4.78, 5) is 26.3. The largest absolute Gasteiger partial charge is 0.493 e. The van der Waals surface area contributed by atoms with Crippen molar-refractivity contribution >= 4 is 11.8 Å². The lowest BCUT2D eigenvalue weighted by molar-refractivity contribution is -0.140. The molecule has 130 valence electrons. The number of ether oxygens (including phenoxy) is 2. The molecule has 5 heteroatoms. The van der Waals surface area contributed by atoms with Crippen molar-refractivity contribution < 1.29 is 19.1 Å². The molecule has 1 aliphatic rings. The van der Waals surface area contributed by atoms with Crippen LogP contribution in [0.2, 0.25) is 0 Å². The molecule has 1 unspecified atom stereocenters. The van der Waals surface area contributed by atoms with Gasteiger partial charge < -0.3 is 9.47 Å². The second-order valence-corrected chi connectivity index (χ2v) is 6.10. The lowest BCUT2D eigenvalue weighted by Gasteiger charge is -2.16. The van der Waals surface area contributed by atoms with E-state index in [4.69, 9.17) is 9.47 Å². The lowest BCUT2D eigenvalue weighted by atomic mass is 9.98. The van der Waals surface area contributed by atoms with E-state index in [2.05, 4.69) is 0 Å². The molecule has 1 saturated heterocycles. The normalized spacial score (nSPS) is 17.0. The van der Waals surface area contributed by atoms with Gasteiger partial charge >= 0.3 is 0 Å². The molecule has 0 aromatic heterocycles. The first-order valence-electron chi connectivity index (χ1n) is 8.21. The van der Waals surface area contributed by atoms with Crippen LogP contribution in [0.1, 0.15) is 17.5 Å². The van der Waals surface area contributed by atoms with Gasteiger partial charge in [0.05, 0.1) is 26.7 Å². The van der Waals surface area contributed by atoms with Gasteiger partial charge in [0.2, 0.25) is 11.8 Å². The summed E-state index contributed by atoms with van der Waals surface area (Å²) in [5, 5.41) is 0. The maximum absolute atomic E-state index is 12.7. The van der Waals surface area contributed by atoms with E-state index in [1.54, 1.807) is 26.4 Å². The first-order valence-corrected chi connectivity index (χ1v) is 8.21. The zero-order valence-corrected chi connectivity index (χ0v) is 14.4. The van der Waals surface area contributed by atoms with Gasteiger partial charge in [0.1, 0.15) is 0 Å². The molecule has 0 aliphatic carbocycles. The Labute approximate surface area is 147 Å². The van der Waals surface area contributed by atoms with Crippen molar-refractivity contribution in [1.29, 1.82) is 0 Å². The van der Waals surface area contributed by atoms with Crippen LogP contribution < -0.4 is 9.47 Å². The molecule has 2 amide bonds. The van der Waals surface area contributed by atoms with Crippen molar-refractivity contribution in [2.45, 2.75) is 19.4 Å². The number of hydrogen-bond donors (Lipinski definition) is 0. The predicted octanol–water partition coefficient (Wildman–Crippen LogP) is 2.82. The average Bonchev–Trinajstić information content (AvgIpc) is 2.90. The molecule has 2 aromatic rings. The van der Waals surface area contributed by atoms with Gasteiger partial charge in [0.15, 0.2) is 11.5 Å². The topological polar surface area (TPSA) is 55.8 Å². The number of amides is 2. The van der Waals surface area contributed by atoms with Crippen LogP contribution in [-0.2, 0) is 22.6 Å². The van der Waals surface area contributed by atoms with Gasteiger partial charge in [-0.05, 0) is 29.7 Å². The van der Waals surface area contributed by atoms with Gasteiger partial charge in [-0.3, -0.25) is 14.5 Å². The Morgan fingerprint density at radius 3 is 2.36 bits per heavy atom. The molecule has 1 aliphatic heterocycles. The molecule has 2 aromatic carbocycles. The third-order valence-corrected chi connectivity index (χ3v) is 4.45. The van der Waals surface area contributed by atoms with E-state index in [-0.39, 0.29) is 30.7 Å². The predicted molar refractivity (Wildman–Crippen MR) is 93.4 cm³/mol. The summed E-state index contributed by atoms with van der Waals surface area (Å²) in [5.41, 5.74) is 1.90. The number of methoxy groups -OCH3 is 2. The summed E-state index contributed by atoms with van der Waals surface area (Å²) in [6.07, 6.45) is 0.856. The SMILES string of the molecule is COc1ccc(CN2C(=O)CC(Cc3ccccc3)C2=O)cc1OC. The minimum absolute atomic E-state index is 0.108. The molecule has 0 spiro atoms. The highest BCUT2D eigenvalue weighted by molar-refractivity contribution is 6.03. The molecule has 3 rings (SSSR count). The Morgan fingerprint density at radius 2 is 1.68 bits per heavy atom. The maximum Gasteiger partial charge on any atom is 0.233 e. The highest BCUT2D eigenvalue weighted by atomic mass is 16.5. The smallest absolute Gasteiger partial charge is 0.233 e. The van der Waals surface area contributed by atoms with Crippen molar-refractivity contribution in [3.8, 4) is 11.5 Å². The van der Waals surface area contributed by atoms with Crippen LogP contribution in [0.15, 0.2) is 48.5 Å². The summed E-state index contributed by atoms with van der Waals surface area (Å²) in [6.45, 7) is 0.253.